The Morgan fingerprint density at radius 3 is 1.36 bits per heavy atom. The summed E-state index contributed by atoms with van der Waals surface area (Å²) in [5.74, 6) is 0.891. The van der Waals surface area contributed by atoms with Crippen molar-refractivity contribution in [2.75, 3.05) is 0 Å². The van der Waals surface area contributed by atoms with Gasteiger partial charge in [-0.05, 0) is 23.7 Å². The summed E-state index contributed by atoms with van der Waals surface area (Å²) in [6.45, 7) is 17.0. The Morgan fingerprint density at radius 1 is 0.929 bits per heavy atom. The van der Waals surface area contributed by atoms with Crippen molar-refractivity contribution in [3.8, 4) is 0 Å². The lowest BCUT2D eigenvalue weighted by molar-refractivity contribution is -0.128. The fourth-order valence-corrected chi connectivity index (χ4v) is 2.21. The van der Waals surface area contributed by atoms with Crippen LogP contribution < -0.4 is 0 Å². The molecule has 0 aliphatic rings. The molecule has 0 amide bonds. The molecule has 0 aromatic rings. The van der Waals surface area contributed by atoms with Gasteiger partial charge in [0.25, 0.3) is 0 Å². The molecule has 1 heteroatoms. The number of rotatable bonds is 2. The van der Waals surface area contributed by atoms with Gasteiger partial charge in [-0.25, -0.2) is 0 Å². The van der Waals surface area contributed by atoms with Crippen LogP contribution in [-0.2, 0) is 4.79 Å². The van der Waals surface area contributed by atoms with Gasteiger partial charge in [-0.15, -0.1) is 0 Å². The first-order valence-electron chi connectivity index (χ1n) is 5.48. The predicted molar refractivity (Wildman–Crippen MR) is 62.2 cm³/mol. The lowest BCUT2D eigenvalue weighted by atomic mass is 9.64. The number of hydrogen-bond donors (Lipinski definition) is 0. The van der Waals surface area contributed by atoms with E-state index in [0.717, 1.165) is 0 Å². The van der Waals surface area contributed by atoms with E-state index in [1.54, 1.807) is 6.92 Å². The van der Waals surface area contributed by atoms with Gasteiger partial charge in [0.15, 0.2) is 0 Å². The summed E-state index contributed by atoms with van der Waals surface area (Å²) in [6, 6.07) is 0. The highest BCUT2D eigenvalue weighted by Crippen LogP contribution is 2.41. The van der Waals surface area contributed by atoms with Crippen LogP contribution in [0.1, 0.15) is 55.4 Å². The Balaban J connectivity index is 4.96. The summed E-state index contributed by atoms with van der Waals surface area (Å²) < 4.78 is 0. The number of hydrogen-bond acceptors (Lipinski definition) is 1. The normalized spacial score (nSPS) is 17.7. The van der Waals surface area contributed by atoms with Crippen LogP contribution in [0.25, 0.3) is 0 Å². The van der Waals surface area contributed by atoms with E-state index in [1.807, 2.05) is 0 Å². The van der Waals surface area contributed by atoms with Gasteiger partial charge in [0.1, 0.15) is 5.78 Å². The van der Waals surface area contributed by atoms with Crippen molar-refractivity contribution >= 4 is 5.78 Å². The monoisotopic (exact) mass is 198 g/mol. The molecule has 14 heavy (non-hydrogen) atoms. The SMILES string of the molecule is CC(=O)C(C(C)C(C)(C)C)C(C)(C)C. The number of carbonyl (C=O) groups excluding carboxylic acids is 1. The second-order valence-corrected chi connectivity index (χ2v) is 6.61. The highest BCUT2D eigenvalue weighted by atomic mass is 16.1. The largest absolute Gasteiger partial charge is 0.300 e. The van der Waals surface area contributed by atoms with Crippen LogP contribution in [0.4, 0.5) is 0 Å². The van der Waals surface area contributed by atoms with E-state index in [9.17, 15) is 4.79 Å². The lowest BCUT2D eigenvalue weighted by Gasteiger charge is -2.40. The Kier molecular flexibility index (Phi) is 3.94. The zero-order chi connectivity index (χ0) is 11.7. The Morgan fingerprint density at radius 2 is 1.29 bits per heavy atom. The minimum Gasteiger partial charge on any atom is -0.300 e. The molecule has 0 aromatic heterocycles. The van der Waals surface area contributed by atoms with E-state index in [0.29, 0.717) is 11.7 Å². The lowest BCUT2D eigenvalue weighted by Crippen LogP contribution is -2.38. The summed E-state index contributed by atoms with van der Waals surface area (Å²) in [7, 11) is 0. The Bertz CT molecular complexity index is 202. The molecule has 84 valence electrons. The van der Waals surface area contributed by atoms with E-state index >= 15 is 0 Å². The minimum absolute atomic E-state index is 0.0680. The number of ketones is 1. The van der Waals surface area contributed by atoms with Crippen LogP contribution in [-0.4, -0.2) is 5.78 Å². The third-order valence-corrected chi connectivity index (χ3v) is 3.24. The molecule has 0 N–H and O–H groups in total. The van der Waals surface area contributed by atoms with Crippen LogP contribution in [0.15, 0.2) is 0 Å². The zero-order valence-corrected chi connectivity index (χ0v) is 11.1. The van der Waals surface area contributed by atoms with Gasteiger partial charge in [0.2, 0.25) is 0 Å². The minimum atomic E-state index is 0.0680. The van der Waals surface area contributed by atoms with Gasteiger partial charge in [-0.3, -0.25) is 4.79 Å². The van der Waals surface area contributed by atoms with Crippen LogP contribution in [0.3, 0.4) is 0 Å². The standard InChI is InChI=1S/C13H26O/c1-9(12(3,4)5)11(10(2)14)13(6,7)8/h9,11H,1-8H3. The molecule has 1 nitrogen and oxygen atoms in total. The van der Waals surface area contributed by atoms with Crippen molar-refractivity contribution in [2.45, 2.75) is 55.4 Å². The molecule has 0 saturated heterocycles. The summed E-state index contributed by atoms with van der Waals surface area (Å²) in [6.07, 6.45) is 0. The van der Waals surface area contributed by atoms with Crippen molar-refractivity contribution in [3.63, 3.8) is 0 Å². The quantitative estimate of drug-likeness (QED) is 0.657. The van der Waals surface area contributed by atoms with E-state index in [1.165, 1.54) is 0 Å². The van der Waals surface area contributed by atoms with Gasteiger partial charge in [0, 0.05) is 5.92 Å². The third kappa shape index (κ3) is 3.43. The molecule has 2 atom stereocenters. The summed E-state index contributed by atoms with van der Waals surface area (Å²) in [5.41, 5.74) is 0.266. The van der Waals surface area contributed by atoms with Crippen molar-refractivity contribution in [1.82, 2.24) is 0 Å². The van der Waals surface area contributed by atoms with Crippen LogP contribution in [0, 0.1) is 22.7 Å². The Labute approximate surface area is 89.3 Å². The maximum atomic E-state index is 11.7. The topological polar surface area (TPSA) is 17.1 Å². The molecule has 0 saturated carbocycles. The highest BCUT2D eigenvalue weighted by Gasteiger charge is 2.38. The maximum Gasteiger partial charge on any atom is 0.133 e. The summed E-state index contributed by atoms with van der Waals surface area (Å²) in [5, 5.41) is 0. The highest BCUT2D eigenvalue weighted by molar-refractivity contribution is 5.79. The molecule has 0 heterocycles. The van der Waals surface area contributed by atoms with E-state index in [2.05, 4.69) is 48.5 Å². The van der Waals surface area contributed by atoms with Crippen LogP contribution in [0.5, 0.6) is 0 Å². The van der Waals surface area contributed by atoms with Gasteiger partial charge in [0.05, 0.1) is 0 Å². The molecular formula is C13H26O. The molecule has 0 bridgehead atoms. The number of carbonyl (C=O) groups is 1. The third-order valence-electron chi connectivity index (χ3n) is 3.24. The van der Waals surface area contributed by atoms with Gasteiger partial charge in [-0.1, -0.05) is 48.5 Å². The van der Waals surface area contributed by atoms with Gasteiger partial charge >= 0.3 is 0 Å². The maximum absolute atomic E-state index is 11.7. The Hall–Kier alpha value is -0.330. The zero-order valence-electron chi connectivity index (χ0n) is 11.1. The van der Waals surface area contributed by atoms with Crippen molar-refractivity contribution in [2.24, 2.45) is 22.7 Å². The molecule has 0 spiro atoms. The molecule has 0 aliphatic heterocycles. The van der Waals surface area contributed by atoms with Gasteiger partial charge in [-0.2, -0.15) is 0 Å². The van der Waals surface area contributed by atoms with E-state index < -0.39 is 0 Å². The fourth-order valence-electron chi connectivity index (χ4n) is 2.21. The second-order valence-electron chi connectivity index (χ2n) is 6.61. The van der Waals surface area contributed by atoms with E-state index in [-0.39, 0.29) is 16.7 Å². The average Bonchev–Trinajstić information content (AvgIpc) is 1.79. The van der Waals surface area contributed by atoms with Crippen molar-refractivity contribution < 1.29 is 4.79 Å². The molecule has 0 aromatic carbocycles. The first-order valence-corrected chi connectivity index (χ1v) is 5.48. The smallest absolute Gasteiger partial charge is 0.133 e. The summed E-state index contributed by atoms with van der Waals surface area (Å²) in [4.78, 5) is 11.7. The van der Waals surface area contributed by atoms with Crippen LogP contribution >= 0.6 is 0 Å². The first-order chi connectivity index (χ1) is 5.98. The molecule has 0 fully saturated rings. The molecule has 0 radical (unpaired) electrons. The van der Waals surface area contributed by atoms with E-state index in [4.69, 9.17) is 0 Å². The number of Topliss-reactive ketones (excluding diaryl/α,β-unsaturated/α-hetero) is 1. The molecular weight excluding hydrogens is 172 g/mol. The van der Waals surface area contributed by atoms with Crippen LogP contribution in [0.2, 0.25) is 0 Å². The molecule has 2 unspecified atom stereocenters. The average molecular weight is 198 g/mol. The molecule has 0 rings (SSSR count). The fraction of sp³-hybridized carbons (Fsp3) is 0.923. The summed E-state index contributed by atoms with van der Waals surface area (Å²) >= 11 is 0. The van der Waals surface area contributed by atoms with Crippen molar-refractivity contribution in [3.05, 3.63) is 0 Å². The van der Waals surface area contributed by atoms with Gasteiger partial charge < -0.3 is 0 Å². The molecule has 0 aliphatic carbocycles. The second kappa shape index (κ2) is 4.04. The van der Waals surface area contributed by atoms with Crippen molar-refractivity contribution in [1.29, 1.82) is 0 Å². The first kappa shape index (κ1) is 13.7. The predicted octanol–water partition coefficient (Wildman–Crippen LogP) is 3.92.